The van der Waals surface area contributed by atoms with Crippen LogP contribution in [0.15, 0.2) is 11.6 Å². The van der Waals surface area contributed by atoms with Gasteiger partial charge >= 0.3 is 5.97 Å². The van der Waals surface area contributed by atoms with Crippen molar-refractivity contribution in [1.82, 2.24) is 9.88 Å². The summed E-state index contributed by atoms with van der Waals surface area (Å²) in [7, 11) is 2.90. The van der Waals surface area contributed by atoms with Gasteiger partial charge in [0.2, 0.25) is 0 Å². The molecule has 0 aliphatic rings. The van der Waals surface area contributed by atoms with E-state index in [1.165, 1.54) is 18.4 Å². The lowest BCUT2D eigenvalue weighted by Crippen LogP contribution is -2.27. The fraction of sp³-hybridized carbons (Fsp3) is 0.381. The number of ether oxygens (including phenoxy) is 2. The number of hydrogen-bond acceptors (Lipinski definition) is 6. The van der Waals surface area contributed by atoms with Crippen molar-refractivity contribution in [3.05, 3.63) is 44.6 Å². The van der Waals surface area contributed by atoms with Gasteiger partial charge in [-0.25, -0.2) is 4.79 Å². The Hall–Kier alpha value is -2.89. The zero-order chi connectivity index (χ0) is 21.7. The van der Waals surface area contributed by atoms with Crippen LogP contribution in [0.25, 0.3) is 11.1 Å². The van der Waals surface area contributed by atoms with Crippen LogP contribution in [-0.4, -0.2) is 43.8 Å². The second-order valence-corrected chi connectivity index (χ2v) is 7.74. The first-order valence-electron chi connectivity index (χ1n) is 9.03. The molecule has 0 unspecified atom stereocenters. The first kappa shape index (κ1) is 22.4. The maximum atomic E-state index is 12.4. The van der Waals surface area contributed by atoms with Crippen molar-refractivity contribution in [2.45, 2.75) is 27.7 Å². The van der Waals surface area contributed by atoms with Crippen molar-refractivity contribution in [2.24, 2.45) is 0 Å². The van der Waals surface area contributed by atoms with Crippen LogP contribution in [0.3, 0.4) is 0 Å². The number of rotatable bonds is 7. The molecule has 0 saturated carbocycles. The number of aromatic nitrogens is 1. The highest BCUT2D eigenvalue weighted by Gasteiger charge is 2.24. The Balaban J connectivity index is 2.52. The average molecular weight is 416 g/mol. The first-order valence-corrected chi connectivity index (χ1v) is 9.84. The molecule has 7 nitrogen and oxygen atoms in total. The average Bonchev–Trinajstić information content (AvgIpc) is 3.13. The predicted molar refractivity (Wildman–Crippen MR) is 112 cm³/mol. The highest BCUT2D eigenvalue weighted by Crippen LogP contribution is 2.34. The number of amides is 1. The van der Waals surface area contributed by atoms with Crippen LogP contribution in [0.5, 0.6) is 0 Å². The number of aryl methyl sites for hydroxylation is 2. The first-order chi connectivity index (χ1) is 13.8. The van der Waals surface area contributed by atoms with Crippen molar-refractivity contribution in [2.75, 3.05) is 27.4 Å². The van der Waals surface area contributed by atoms with Crippen molar-refractivity contribution >= 4 is 29.3 Å². The molecule has 0 atom stereocenters. The smallest absolute Gasteiger partial charge is 0.341 e. The van der Waals surface area contributed by atoms with E-state index in [1.54, 1.807) is 13.2 Å². The zero-order valence-corrected chi connectivity index (χ0v) is 18.3. The summed E-state index contributed by atoms with van der Waals surface area (Å²) in [6.45, 7) is 8.36. The molecule has 2 aromatic heterocycles. The Morgan fingerprint density at radius 3 is 2.55 bits per heavy atom. The Morgan fingerprint density at radius 2 is 1.97 bits per heavy atom. The number of hydrogen-bond donors (Lipinski definition) is 1. The minimum atomic E-state index is -0.451. The summed E-state index contributed by atoms with van der Waals surface area (Å²) in [5, 5.41) is 12.8. The second-order valence-electron chi connectivity index (χ2n) is 6.54. The molecule has 2 rings (SSSR count). The monoisotopic (exact) mass is 415 g/mol. The number of nitrogens with one attached hydrogen (secondary N) is 1. The SMILES string of the molecule is COCCNC(=O)/C(C#N)=C/c1cc(C)n(-c2sc(C)c(C)c2C(=O)OC)c1C. The molecular weight excluding hydrogens is 390 g/mol. The van der Waals surface area contributed by atoms with Gasteiger partial charge in [0.1, 0.15) is 16.6 Å². The summed E-state index contributed by atoms with van der Waals surface area (Å²) in [4.78, 5) is 25.6. The summed E-state index contributed by atoms with van der Waals surface area (Å²) in [5.41, 5.74) is 3.87. The van der Waals surface area contributed by atoms with E-state index in [4.69, 9.17) is 9.47 Å². The highest BCUT2D eigenvalue weighted by atomic mass is 32.1. The van der Waals surface area contributed by atoms with E-state index in [9.17, 15) is 14.9 Å². The largest absolute Gasteiger partial charge is 0.465 e. The number of thiophene rings is 1. The van der Waals surface area contributed by atoms with Gasteiger partial charge in [0.25, 0.3) is 5.91 Å². The molecular formula is C21H25N3O4S. The van der Waals surface area contributed by atoms with Crippen molar-refractivity contribution in [3.63, 3.8) is 0 Å². The van der Waals surface area contributed by atoms with E-state index in [1.807, 2.05) is 44.4 Å². The molecule has 0 aromatic carbocycles. The Bertz CT molecular complexity index is 1010. The number of carbonyl (C=O) groups is 2. The molecule has 8 heteroatoms. The minimum Gasteiger partial charge on any atom is -0.465 e. The maximum absolute atomic E-state index is 12.4. The molecule has 0 saturated heterocycles. The Labute approximate surface area is 174 Å². The number of nitrogens with zero attached hydrogens (tertiary/aromatic N) is 2. The fourth-order valence-corrected chi connectivity index (χ4v) is 4.28. The van der Waals surface area contributed by atoms with Crippen LogP contribution >= 0.6 is 11.3 Å². The molecule has 0 spiro atoms. The number of esters is 1. The molecule has 154 valence electrons. The summed E-state index contributed by atoms with van der Waals surface area (Å²) >= 11 is 1.51. The maximum Gasteiger partial charge on any atom is 0.341 e. The molecule has 0 fully saturated rings. The molecule has 1 N–H and O–H groups in total. The van der Waals surface area contributed by atoms with E-state index in [-0.39, 0.29) is 11.5 Å². The van der Waals surface area contributed by atoms with Gasteiger partial charge in [-0.3, -0.25) is 4.79 Å². The number of carbonyl (C=O) groups excluding carboxylic acids is 2. The number of methoxy groups -OCH3 is 2. The van der Waals surface area contributed by atoms with Gasteiger partial charge in [0, 0.05) is 29.9 Å². The molecule has 29 heavy (non-hydrogen) atoms. The van der Waals surface area contributed by atoms with E-state index in [0.717, 1.165) is 32.4 Å². The van der Waals surface area contributed by atoms with Crippen LogP contribution in [0.4, 0.5) is 0 Å². The van der Waals surface area contributed by atoms with Crippen molar-refractivity contribution in [1.29, 1.82) is 5.26 Å². The standard InChI is InChI=1S/C21H25N3O4S/c1-12-9-16(10-17(11-22)19(25)23-7-8-27-5)14(3)24(12)20-18(21(26)28-6)13(2)15(4)29-20/h9-10H,7-8H2,1-6H3,(H,23,25)/b17-10+. The molecule has 2 aromatic rings. The molecule has 1 amide bonds. The second kappa shape index (κ2) is 9.54. The van der Waals surface area contributed by atoms with Crippen molar-refractivity contribution in [3.8, 4) is 11.1 Å². The topological polar surface area (TPSA) is 93.4 Å². The van der Waals surface area contributed by atoms with Crippen LogP contribution in [0.1, 0.15) is 37.7 Å². The molecule has 0 aliphatic heterocycles. The van der Waals surface area contributed by atoms with Gasteiger partial charge < -0.3 is 19.4 Å². The number of nitriles is 1. The lowest BCUT2D eigenvalue weighted by molar-refractivity contribution is -0.117. The van der Waals surface area contributed by atoms with Crippen LogP contribution in [0, 0.1) is 39.0 Å². The third-order valence-electron chi connectivity index (χ3n) is 4.69. The normalized spacial score (nSPS) is 11.3. The van der Waals surface area contributed by atoms with Gasteiger partial charge in [-0.15, -0.1) is 11.3 Å². The molecule has 0 aliphatic carbocycles. The lowest BCUT2D eigenvalue weighted by Gasteiger charge is -2.10. The van der Waals surface area contributed by atoms with Crippen LogP contribution < -0.4 is 5.32 Å². The van der Waals surface area contributed by atoms with Crippen LogP contribution in [-0.2, 0) is 14.3 Å². The molecule has 0 radical (unpaired) electrons. The van der Waals surface area contributed by atoms with Gasteiger partial charge in [-0.1, -0.05) is 0 Å². The van der Waals surface area contributed by atoms with Gasteiger partial charge in [0.15, 0.2) is 0 Å². The lowest BCUT2D eigenvalue weighted by atomic mass is 10.1. The Kier molecular flexibility index (Phi) is 7.37. The fourth-order valence-electron chi connectivity index (χ4n) is 3.02. The highest BCUT2D eigenvalue weighted by molar-refractivity contribution is 7.15. The molecule has 2 heterocycles. The quantitative estimate of drug-likeness (QED) is 0.324. The van der Waals surface area contributed by atoms with E-state index in [2.05, 4.69) is 5.32 Å². The van der Waals surface area contributed by atoms with Gasteiger partial charge in [-0.05, 0) is 51.0 Å². The van der Waals surface area contributed by atoms with Gasteiger partial charge in [-0.2, -0.15) is 5.26 Å². The third kappa shape index (κ3) is 4.58. The zero-order valence-electron chi connectivity index (χ0n) is 17.5. The van der Waals surface area contributed by atoms with E-state index >= 15 is 0 Å². The minimum absolute atomic E-state index is 0.00749. The molecule has 0 bridgehead atoms. The van der Waals surface area contributed by atoms with Crippen LogP contribution in [0.2, 0.25) is 0 Å². The summed E-state index contributed by atoms with van der Waals surface area (Å²) in [5.74, 6) is -0.839. The third-order valence-corrected chi connectivity index (χ3v) is 5.88. The Morgan fingerprint density at radius 1 is 1.28 bits per heavy atom. The summed E-state index contributed by atoms with van der Waals surface area (Å²) in [6.07, 6.45) is 1.56. The summed E-state index contributed by atoms with van der Waals surface area (Å²) < 4.78 is 11.8. The van der Waals surface area contributed by atoms with E-state index in [0.29, 0.717) is 18.7 Å². The predicted octanol–water partition coefficient (Wildman–Crippen LogP) is 3.23. The summed E-state index contributed by atoms with van der Waals surface area (Å²) in [6, 6.07) is 3.84. The van der Waals surface area contributed by atoms with Gasteiger partial charge in [0.05, 0.1) is 19.3 Å². The van der Waals surface area contributed by atoms with E-state index < -0.39 is 5.91 Å². The van der Waals surface area contributed by atoms with Crippen molar-refractivity contribution < 1.29 is 19.1 Å².